The molecular weight excluding hydrogens is 152 g/mol. The van der Waals surface area contributed by atoms with E-state index in [1.807, 2.05) is 13.0 Å². The first-order valence-electron chi connectivity index (χ1n) is 4.57. The summed E-state index contributed by atoms with van der Waals surface area (Å²) < 4.78 is 5.22. The van der Waals surface area contributed by atoms with Crippen LogP contribution in [0, 0.1) is 17.8 Å². The molecule has 1 heterocycles. The highest BCUT2D eigenvalue weighted by Gasteiger charge is 2.44. The lowest BCUT2D eigenvalue weighted by atomic mass is 9.77. The third-order valence-corrected chi connectivity index (χ3v) is 3.07. The highest BCUT2D eigenvalue weighted by Crippen LogP contribution is 2.38. The summed E-state index contributed by atoms with van der Waals surface area (Å²) in [6.07, 6.45) is 5.31. The average molecular weight is 166 g/mol. The largest absolute Gasteiger partial charge is 0.458 e. The first-order valence-corrected chi connectivity index (χ1v) is 4.57. The number of ether oxygens (including phenoxy) is 1. The molecule has 0 amide bonds. The Morgan fingerprint density at radius 2 is 2.25 bits per heavy atom. The van der Waals surface area contributed by atoms with Crippen LogP contribution in [-0.2, 0) is 9.53 Å². The van der Waals surface area contributed by atoms with Gasteiger partial charge in [-0.15, -0.1) is 0 Å². The van der Waals surface area contributed by atoms with Crippen molar-refractivity contribution in [1.29, 1.82) is 0 Å². The summed E-state index contributed by atoms with van der Waals surface area (Å²) in [5.41, 5.74) is 0. The summed E-state index contributed by atoms with van der Waals surface area (Å²) in [6, 6.07) is 0. The number of hydrogen-bond acceptors (Lipinski definition) is 2. The van der Waals surface area contributed by atoms with Gasteiger partial charge in [-0.05, 0) is 18.4 Å². The Kier molecular flexibility index (Phi) is 1.71. The van der Waals surface area contributed by atoms with Crippen LogP contribution in [0.4, 0.5) is 0 Å². The molecule has 1 fully saturated rings. The standard InChI is InChI=1S/C10H14O2/c1-6-4-3-5-8-9(6)7(2)10(11)12-8/h3,5-9H,4H2,1-2H3/t6-,7+,8-,9-/m0/s1. The van der Waals surface area contributed by atoms with Crippen molar-refractivity contribution in [2.24, 2.45) is 17.8 Å². The molecule has 0 aromatic rings. The topological polar surface area (TPSA) is 26.3 Å². The second kappa shape index (κ2) is 2.61. The lowest BCUT2D eigenvalue weighted by Crippen LogP contribution is -2.27. The molecule has 12 heavy (non-hydrogen) atoms. The van der Waals surface area contributed by atoms with Crippen molar-refractivity contribution in [2.45, 2.75) is 26.4 Å². The number of carbonyl (C=O) groups excluding carboxylic acids is 1. The van der Waals surface area contributed by atoms with Gasteiger partial charge in [0.05, 0.1) is 5.92 Å². The Bertz CT molecular complexity index is 232. The van der Waals surface area contributed by atoms with Gasteiger partial charge in [0.2, 0.25) is 0 Å². The molecule has 0 aromatic heterocycles. The van der Waals surface area contributed by atoms with Crippen LogP contribution in [0.15, 0.2) is 12.2 Å². The van der Waals surface area contributed by atoms with Crippen LogP contribution < -0.4 is 0 Å². The third-order valence-electron chi connectivity index (χ3n) is 3.07. The van der Waals surface area contributed by atoms with Crippen molar-refractivity contribution in [3.8, 4) is 0 Å². The van der Waals surface area contributed by atoms with Gasteiger partial charge in [0.1, 0.15) is 6.10 Å². The van der Waals surface area contributed by atoms with E-state index >= 15 is 0 Å². The van der Waals surface area contributed by atoms with E-state index in [2.05, 4.69) is 13.0 Å². The highest BCUT2D eigenvalue weighted by atomic mass is 16.6. The predicted molar refractivity (Wildman–Crippen MR) is 45.5 cm³/mol. The fourth-order valence-corrected chi connectivity index (χ4v) is 2.33. The normalized spacial score (nSPS) is 45.7. The molecule has 0 saturated carbocycles. The van der Waals surface area contributed by atoms with Crippen LogP contribution in [0.2, 0.25) is 0 Å². The van der Waals surface area contributed by atoms with E-state index in [1.54, 1.807) is 0 Å². The molecule has 0 spiro atoms. The van der Waals surface area contributed by atoms with Crippen molar-refractivity contribution in [3.63, 3.8) is 0 Å². The van der Waals surface area contributed by atoms with Crippen molar-refractivity contribution in [3.05, 3.63) is 12.2 Å². The molecule has 0 radical (unpaired) electrons. The maximum atomic E-state index is 11.2. The molecule has 1 aliphatic heterocycles. The predicted octanol–water partition coefficient (Wildman–Crippen LogP) is 1.76. The zero-order valence-corrected chi connectivity index (χ0v) is 7.49. The van der Waals surface area contributed by atoms with Gasteiger partial charge in [0.25, 0.3) is 0 Å². The van der Waals surface area contributed by atoms with E-state index in [0.717, 1.165) is 6.42 Å². The van der Waals surface area contributed by atoms with Gasteiger partial charge in [0, 0.05) is 5.92 Å². The van der Waals surface area contributed by atoms with Gasteiger partial charge in [0.15, 0.2) is 0 Å². The van der Waals surface area contributed by atoms with E-state index in [0.29, 0.717) is 11.8 Å². The van der Waals surface area contributed by atoms with Crippen LogP contribution in [-0.4, -0.2) is 12.1 Å². The zero-order chi connectivity index (χ0) is 8.72. The van der Waals surface area contributed by atoms with Crippen LogP contribution in [0.3, 0.4) is 0 Å². The summed E-state index contributed by atoms with van der Waals surface area (Å²) >= 11 is 0. The quantitative estimate of drug-likeness (QED) is 0.405. The number of esters is 1. The number of rotatable bonds is 0. The Labute approximate surface area is 72.6 Å². The lowest BCUT2D eigenvalue weighted by Gasteiger charge is -2.26. The van der Waals surface area contributed by atoms with Crippen molar-refractivity contribution in [1.82, 2.24) is 0 Å². The summed E-state index contributed by atoms with van der Waals surface area (Å²) in [7, 11) is 0. The van der Waals surface area contributed by atoms with Gasteiger partial charge in [-0.1, -0.05) is 19.9 Å². The van der Waals surface area contributed by atoms with E-state index in [1.165, 1.54) is 0 Å². The molecule has 66 valence electrons. The summed E-state index contributed by atoms with van der Waals surface area (Å²) in [5, 5.41) is 0. The minimum absolute atomic E-state index is 0.0246. The molecule has 2 aliphatic rings. The molecule has 0 N–H and O–H groups in total. The minimum atomic E-state index is -0.0246. The van der Waals surface area contributed by atoms with Crippen molar-refractivity contribution < 1.29 is 9.53 Å². The van der Waals surface area contributed by atoms with Gasteiger partial charge in [-0.25, -0.2) is 0 Å². The van der Waals surface area contributed by atoms with Crippen LogP contribution in [0.5, 0.6) is 0 Å². The van der Waals surface area contributed by atoms with Crippen molar-refractivity contribution >= 4 is 5.97 Å². The van der Waals surface area contributed by atoms with Crippen LogP contribution >= 0.6 is 0 Å². The molecule has 2 rings (SSSR count). The Hall–Kier alpha value is -0.790. The van der Waals surface area contributed by atoms with Crippen LogP contribution in [0.1, 0.15) is 20.3 Å². The number of hydrogen-bond donors (Lipinski definition) is 0. The SMILES string of the molecule is C[C@H]1CC=C[C@@H]2OC(=O)[C@H](C)[C@@H]21. The Morgan fingerprint density at radius 1 is 1.50 bits per heavy atom. The number of allylic oxidation sites excluding steroid dienone is 1. The monoisotopic (exact) mass is 166 g/mol. The smallest absolute Gasteiger partial charge is 0.309 e. The molecule has 0 bridgehead atoms. The summed E-state index contributed by atoms with van der Waals surface area (Å²) in [5.74, 6) is 1.07. The summed E-state index contributed by atoms with van der Waals surface area (Å²) in [4.78, 5) is 11.2. The fraction of sp³-hybridized carbons (Fsp3) is 0.700. The molecule has 2 nitrogen and oxygen atoms in total. The van der Waals surface area contributed by atoms with Gasteiger partial charge in [-0.2, -0.15) is 0 Å². The second-order valence-electron chi connectivity index (χ2n) is 3.91. The van der Waals surface area contributed by atoms with Gasteiger partial charge >= 0.3 is 5.97 Å². The Balaban J connectivity index is 2.26. The zero-order valence-electron chi connectivity index (χ0n) is 7.49. The number of fused-ring (bicyclic) bond motifs is 1. The van der Waals surface area contributed by atoms with E-state index in [-0.39, 0.29) is 18.0 Å². The van der Waals surface area contributed by atoms with Gasteiger partial charge in [-0.3, -0.25) is 4.79 Å². The average Bonchev–Trinajstić information content (AvgIpc) is 2.29. The maximum Gasteiger partial charge on any atom is 0.309 e. The van der Waals surface area contributed by atoms with Crippen LogP contribution in [0.25, 0.3) is 0 Å². The van der Waals surface area contributed by atoms with Gasteiger partial charge < -0.3 is 4.74 Å². The molecule has 0 aromatic carbocycles. The second-order valence-corrected chi connectivity index (χ2v) is 3.91. The van der Waals surface area contributed by atoms with E-state index in [9.17, 15) is 4.79 Å². The lowest BCUT2D eigenvalue weighted by molar-refractivity contribution is -0.142. The molecule has 1 aliphatic carbocycles. The minimum Gasteiger partial charge on any atom is -0.458 e. The molecule has 0 unspecified atom stereocenters. The third kappa shape index (κ3) is 0.977. The van der Waals surface area contributed by atoms with Crippen molar-refractivity contribution in [2.75, 3.05) is 0 Å². The van der Waals surface area contributed by atoms with E-state index in [4.69, 9.17) is 4.74 Å². The highest BCUT2D eigenvalue weighted by molar-refractivity contribution is 5.75. The van der Waals surface area contributed by atoms with E-state index < -0.39 is 0 Å². The molecular formula is C10H14O2. The Morgan fingerprint density at radius 3 is 2.92 bits per heavy atom. The first kappa shape index (κ1) is 7.84. The molecule has 1 saturated heterocycles. The maximum absolute atomic E-state index is 11.2. The number of carbonyl (C=O) groups is 1. The fourth-order valence-electron chi connectivity index (χ4n) is 2.33. The molecule has 2 heteroatoms. The molecule has 4 atom stereocenters. The summed E-state index contributed by atoms with van der Waals surface area (Å²) in [6.45, 7) is 4.17. The first-order chi connectivity index (χ1) is 5.70.